The van der Waals surface area contributed by atoms with Crippen molar-refractivity contribution in [1.29, 1.82) is 0 Å². The highest BCUT2D eigenvalue weighted by Gasteiger charge is 2.20. The maximum Gasteiger partial charge on any atom is 0.255 e. The number of thioether (sulfide) groups is 1. The van der Waals surface area contributed by atoms with E-state index in [9.17, 15) is 9.90 Å². The Balaban J connectivity index is 1.62. The standard InChI is InChI=1S/C25H29N5O3S/c1-16-5-6-18(27-23(31)17-7-8-26-22(13-17)25(2,3)32)14-19(16)20-15-21(24(34-4)29-28-20)30-9-11-33-12-10-30/h5-8,13-15,32H,9-12H2,1-4H3,(H,27,31). The van der Waals surface area contributed by atoms with Crippen LogP contribution in [0.5, 0.6) is 0 Å². The molecule has 34 heavy (non-hydrogen) atoms. The van der Waals surface area contributed by atoms with Crippen molar-refractivity contribution in [2.24, 2.45) is 0 Å². The molecule has 0 spiro atoms. The van der Waals surface area contributed by atoms with Gasteiger partial charge in [0, 0.05) is 36.1 Å². The number of rotatable bonds is 6. The number of amides is 1. The van der Waals surface area contributed by atoms with Gasteiger partial charge in [0.05, 0.1) is 30.3 Å². The number of aliphatic hydroxyl groups is 1. The molecule has 4 rings (SSSR count). The van der Waals surface area contributed by atoms with Gasteiger partial charge in [-0.2, -0.15) is 0 Å². The quantitative estimate of drug-likeness (QED) is 0.514. The number of nitrogens with one attached hydrogen (secondary N) is 1. The van der Waals surface area contributed by atoms with Crippen LogP contribution in [-0.2, 0) is 10.3 Å². The van der Waals surface area contributed by atoms with Crippen molar-refractivity contribution in [2.45, 2.75) is 31.4 Å². The molecule has 9 heteroatoms. The monoisotopic (exact) mass is 479 g/mol. The number of hydrogen-bond donors (Lipinski definition) is 2. The SMILES string of the molecule is CSc1nnc(-c2cc(NC(=O)c3ccnc(C(C)(C)O)c3)ccc2C)cc1N1CCOCC1. The highest BCUT2D eigenvalue weighted by molar-refractivity contribution is 7.98. The molecule has 2 aromatic heterocycles. The second-order valence-corrected chi connectivity index (χ2v) is 9.49. The zero-order valence-corrected chi connectivity index (χ0v) is 20.6. The first kappa shape index (κ1) is 24.1. The number of ether oxygens (including phenoxy) is 1. The Morgan fingerprint density at radius 1 is 1.15 bits per heavy atom. The Morgan fingerprint density at radius 2 is 1.91 bits per heavy atom. The van der Waals surface area contributed by atoms with Crippen LogP contribution in [0.3, 0.4) is 0 Å². The maximum absolute atomic E-state index is 12.9. The summed E-state index contributed by atoms with van der Waals surface area (Å²) >= 11 is 1.57. The molecule has 2 N–H and O–H groups in total. The third-order valence-corrected chi connectivity index (χ3v) is 6.38. The number of anilines is 2. The van der Waals surface area contributed by atoms with Crippen LogP contribution < -0.4 is 10.2 Å². The van der Waals surface area contributed by atoms with Crippen LogP contribution in [0.4, 0.5) is 11.4 Å². The summed E-state index contributed by atoms with van der Waals surface area (Å²) in [5.41, 5.74) is 4.11. The predicted octanol–water partition coefficient (Wildman–Crippen LogP) is 3.89. The number of aryl methyl sites for hydroxylation is 1. The molecule has 0 saturated carbocycles. The third kappa shape index (κ3) is 5.38. The minimum Gasteiger partial charge on any atom is -0.384 e. The molecule has 0 atom stereocenters. The zero-order valence-electron chi connectivity index (χ0n) is 19.8. The molecule has 3 heterocycles. The minimum absolute atomic E-state index is 0.277. The van der Waals surface area contributed by atoms with E-state index >= 15 is 0 Å². The van der Waals surface area contributed by atoms with E-state index in [4.69, 9.17) is 4.74 Å². The van der Waals surface area contributed by atoms with E-state index in [1.807, 2.05) is 31.4 Å². The fourth-order valence-corrected chi connectivity index (χ4v) is 4.28. The molecule has 0 unspecified atom stereocenters. The number of hydrogen-bond acceptors (Lipinski definition) is 8. The van der Waals surface area contributed by atoms with E-state index < -0.39 is 5.60 Å². The lowest BCUT2D eigenvalue weighted by Crippen LogP contribution is -2.36. The molecule has 178 valence electrons. The lowest BCUT2D eigenvalue weighted by atomic mass is 10.0. The summed E-state index contributed by atoms with van der Waals surface area (Å²) in [6, 6.07) is 11.0. The fraction of sp³-hybridized carbons (Fsp3) is 0.360. The fourth-order valence-electron chi connectivity index (χ4n) is 3.76. The van der Waals surface area contributed by atoms with Gasteiger partial charge in [0.25, 0.3) is 5.91 Å². The molecule has 0 aliphatic carbocycles. The number of carbonyl (C=O) groups is 1. The number of benzene rings is 1. The largest absolute Gasteiger partial charge is 0.384 e. The highest BCUT2D eigenvalue weighted by atomic mass is 32.2. The van der Waals surface area contributed by atoms with Gasteiger partial charge >= 0.3 is 0 Å². The molecule has 1 aliphatic rings. The normalized spacial score (nSPS) is 14.2. The number of pyridine rings is 1. The Bertz CT molecular complexity index is 1190. The van der Waals surface area contributed by atoms with Gasteiger partial charge in [-0.15, -0.1) is 22.0 Å². The van der Waals surface area contributed by atoms with Crippen molar-refractivity contribution in [2.75, 3.05) is 42.8 Å². The summed E-state index contributed by atoms with van der Waals surface area (Å²) in [5, 5.41) is 23.0. The molecule has 3 aromatic rings. The van der Waals surface area contributed by atoms with Crippen LogP contribution in [0.25, 0.3) is 11.3 Å². The number of carbonyl (C=O) groups excluding carboxylic acids is 1. The Hall–Kier alpha value is -3.01. The topological polar surface area (TPSA) is 100 Å². The molecule has 1 fully saturated rings. The molecule has 1 saturated heterocycles. The lowest BCUT2D eigenvalue weighted by Gasteiger charge is -2.29. The van der Waals surface area contributed by atoms with Crippen molar-refractivity contribution in [3.05, 3.63) is 59.4 Å². The molecule has 0 radical (unpaired) electrons. The highest BCUT2D eigenvalue weighted by Crippen LogP contribution is 2.32. The maximum atomic E-state index is 12.9. The van der Waals surface area contributed by atoms with Crippen LogP contribution in [0.2, 0.25) is 0 Å². The smallest absolute Gasteiger partial charge is 0.255 e. The Kier molecular flexibility index (Phi) is 7.16. The van der Waals surface area contributed by atoms with E-state index in [0.29, 0.717) is 30.2 Å². The summed E-state index contributed by atoms with van der Waals surface area (Å²) in [5.74, 6) is -0.277. The number of nitrogens with zero attached hydrogens (tertiary/aromatic N) is 4. The van der Waals surface area contributed by atoms with Gasteiger partial charge in [0.1, 0.15) is 10.6 Å². The second kappa shape index (κ2) is 10.1. The van der Waals surface area contributed by atoms with E-state index in [1.54, 1.807) is 37.7 Å². The predicted molar refractivity (Wildman–Crippen MR) is 134 cm³/mol. The van der Waals surface area contributed by atoms with Crippen molar-refractivity contribution < 1.29 is 14.6 Å². The van der Waals surface area contributed by atoms with Gasteiger partial charge in [-0.25, -0.2) is 0 Å². The molecule has 1 aliphatic heterocycles. The molecule has 8 nitrogen and oxygen atoms in total. The van der Waals surface area contributed by atoms with Gasteiger partial charge in [-0.05, 0) is 62.9 Å². The average molecular weight is 480 g/mol. The average Bonchev–Trinajstić information content (AvgIpc) is 2.85. The van der Waals surface area contributed by atoms with E-state index in [1.165, 1.54) is 6.20 Å². The molecular weight excluding hydrogens is 450 g/mol. The van der Waals surface area contributed by atoms with Gasteiger partial charge in [-0.3, -0.25) is 9.78 Å². The third-order valence-electron chi connectivity index (χ3n) is 5.71. The van der Waals surface area contributed by atoms with Crippen LogP contribution in [0.15, 0.2) is 47.6 Å². The first-order valence-electron chi connectivity index (χ1n) is 11.1. The minimum atomic E-state index is -1.13. The lowest BCUT2D eigenvalue weighted by molar-refractivity contribution is 0.0737. The van der Waals surface area contributed by atoms with Crippen LogP contribution >= 0.6 is 11.8 Å². The molecule has 0 bridgehead atoms. The van der Waals surface area contributed by atoms with Crippen LogP contribution in [0, 0.1) is 6.92 Å². The first-order chi connectivity index (χ1) is 16.3. The summed E-state index contributed by atoms with van der Waals surface area (Å²) in [6.07, 6.45) is 3.52. The summed E-state index contributed by atoms with van der Waals surface area (Å²) in [4.78, 5) is 19.3. The zero-order chi connectivity index (χ0) is 24.3. The molecular formula is C25H29N5O3S. The molecule has 1 aromatic carbocycles. The van der Waals surface area contributed by atoms with Crippen LogP contribution in [0.1, 0.15) is 35.5 Å². The Labute approximate surface area is 203 Å². The Morgan fingerprint density at radius 3 is 2.62 bits per heavy atom. The van der Waals surface area contributed by atoms with E-state index in [0.717, 1.165) is 40.6 Å². The van der Waals surface area contributed by atoms with Gasteiger partial charge < -0.3 is 20.1 Å². The van der Waals surface area contributed by atoms with Crippen molar-refractivity contribution in [3.8, 4) is 11.3 Å². The van der Waals surface area contributed by atoms with Gasteiger partial charge in [-0.1, -0.05) is 6.07 Å². The molecule has 1 amide bonds. The van der Waals surface area contributed by atoms with Crippen molar-refractivity contribution in [1.82, 2.24) is 15.2 Å². The number of morpholine rings is 1. The summed E-state index contributed by atoms with van der Waals surface area (Å²) in [6.45, 7) is 8.29. The van der Waals surface area contributed by atoms with Gasteiger partial charge in [0.2, 0.25) is 0 Å². The van der Waals surface area contributed by atoms with E-state index in [-0.39, 0.29) is 5.91 Å². The van der Waals surface area contributed by atoms with Gasteiger partial charge in [0.15, 0.2) is 0 Å². The first-order valence-corrected chi connectivity index (χ1v) is 12.3. The second-order valence-electron chi connectivity index (χ2n) is 8.70. The summed E-state index contributed by atoms with van der Waals surface area (Å²) in [7, 11) is 0. The summed E-state index contributed by atoms with van der Waals surface area (Å²) < 4.78 is 5.50. The van der Waals surface area contributed by atoms with Crippen molar-refractivity contribution >= 4 is 29.0 Å². The van der Waals surface area contributed by atoms with Crippen LogP contribution in [-0.4, -0.2) is 58.8 Å². The number of aromatic nitrogens is 3. The van der Waals surface area contributed by atoms with E-state index in [2.05, 4.69) is 31.5 Å². The van der Waals surface area contributed by atoms with Crippen molar-refractivity contribution in [3.63, 3.8) is 0 Å².